The van der Waals surface area contributed by atoms with Gasteiger partial charge in [-0.15, -0.1) is 0 Å². The monoisotopic (exact) mass is 365 g/mol. The maximum Gasteiger partial charge on any atom is 0.261 e. The first kappa shape index (κ1) is 18.4. The fraction of sp³-hybridized carbons (Fsp3) is 0.500. The maximum atomic E-state index is 13.2. The molecule has 2 N–H and O–H groups in total. The van der Waals surface area contributed by atoms with Gasteiger partial charge in [-0.2, -0.15) is 0 Å². The van der Waals surface area contributed by atoms with Gasteiger partial charge in [0.05, 0.1) is 22.8 Å². The lowest BCUT2D eigenvalue weighted by Gasteiger charge is -2.36. The highest BCUT2D eigenvalue weighted by atomic mass is 19.3. The van der Waals surface area contributed by atoms with Gasteiger partial charge >= 0.3 is 0 Å². The van der Waals surface area contributed by atoms with Gasteiger partial charge in [-0.25, -0.2) is 13.8 Å². The van der Waals surface area contributed by atoms with Crippen LogP contribution in [0.5, 0.6) is 0 Å². The van der Waals surface area contributed by atoms with Gasteiger partial charge < -0.3 is 10.4 Å². The predicted octanol–water partition coefficient (Wildman–Crippen LogP) is 2.01. The summed E-state index contributed by atoms with van der Waals surface area (Å²) in [4.78, 5) is 29.1. The van der Waals surface area contributed by atoms with Crippen molar-refractivity contribution in [3.05, 3.63) is 40.9 Å². The molecule has 0 unspecified atom stereocenters. The van der Waals surface area contributed by atoms with E-state index in [2.05, 4.69) is 10.3 Å². The van der Waals surface area contributed by atoms with E-state index in [0.29, 0.717) is 10.9 Å². The molecular formula is C18H21F2N3O3. The summed E-state index contributed by atoms with van der Waals surface area (Å²) < 4.78 is 27.7. The number of aliphatic hydroxyl groups is 1. The van der Waals surface area contributed by atoms with Crippen LogP contribution in [0.25, 0.3) is 10.9 Å². The lowest BCUT2D eigenvalue weighted by molar-refractivity contribution is -0.128. The van der Waals surface area contributed by atoms with E-state index < -0.39 is 36.3 Å². The number of nitrogens with one attached hydrogen (secondary N) is 1. The second kappa shape index (κ2) is 6.75. The molecule has 26 heavy (non-hydrogen) atoms. The molecule has 1 aromatic carbocycles. The fourth-order valence-corrected chi connectivity index (χ4v) is 3.14. The van der Waals surface area contributed by atoms with Crippen LogP contribution < -0.4 is 10.9 Å². The third-order valence-electron chi connectivity index (χ3n) is 4.99. The smallest absolute Gasteiger partial charge is 0.261 e. The Hall–Kier alpha value is -2.35. The summed E-state index contributed by atoms with van der Waals surface area (Å²) in [6, 6.07) is 5.99. The largest absolute Gasteiger partial charge is 0.388 e. The summed E-state index contributed by atoms with van der Waals surface area (Å²) in [7, 11) is 0. The van der Waals surface area contributed by atoms with Gasteiger partial charge in [0.15, 0.2) is 0 Å². The molecule has 3 rings (SSSR count). The topological polar surface area (TPSA) is 84.2 Å². The van der Waals surface area contributed by atoms with Crippen LogP contribution in [0.4, 0.5) is 8.78 Å². The number of alkyl halides is 2. The minimum Gasteiger partial charge on any atom is -0.388 e. The third-order valence-corrected chi connectivity index (χ3v) is 4.99. The number of rotatable bonds is 4. The number of para-hydroxylation sites is 1. The molecule has 0 spiro atoms. The molecule has 1 heterocycles. The van der Waals surface area contributed by atoms with Gasteiger partial charge in [0.2, 0.25) is 11.8 Å². The van der Waals surface area contributed by atoms with Crippen LogP contribution in [-0.2, 0) is 4.79 Å². The molecule has 0 radical (unpaired) electrons. The SMILES string of the molecule is C[C@@H](C(=O)NCC1(O)CCC(F)(F)CC1)n1cnc2ccccc2c1=O. The highest BCUT2D eigenvalue weighted by molar-refractivity contribution is 5.81. The van der Waals surface area contributed by atoms with E-state index in [0.717, 1.165) is 0 Å². The number of carbonyl (C=O) groups is 1. The molecule has 140 valence electrons. The fourth-order valence-electron chi connectivity index (χ4n) is 3.14. The van der Waals surface area contributed by atoms with Crippen LogP contribution in [0.3, 0.4) is 0 Å². The van der Waals surface area contributed by atoms with Crippen LogP contribution in [0.2, 0.25) is 0 Å². The first-order valence-corrected chi connectivity index (χ1v) is 8.55. The molecule has 1 aliphatic rings. The van der Waals surface area contributed by atoms with Crippen LogP contribution >= 0.6 is 0 Å². The number of benzene rings is 1. The van der Waals surface area contributed by atoms with Gasteiger partial charge in [0.1, 0.15) is 6.04 Å². The highest BCUT2D eigenvalue weighted by Gasteiger charge is 2.42. The van der Waals surface area contributed by atoms with E-state index in [1.54, 1.807) is 31.2 Å². The molecule has 1 amide bonds. The van der Waals surface area contributed by atoms with E-state index in [1.165, 1.54) is 10.9 Å². The summed E-state index contributed by atoms with van der Waals surface area (Å²) in [5.74, 6) is -3.23. The zero-order chi connectivity index (χ0) is 18.9. The predicted molar refractivity (Wildman–Crippen MR) is 92.1 cm³/mol. The second-order valence-corrected chi connectivity index (χ2v) is 6.95. The summed E-state index contributed by atoms with van der Waals surface area (Å²) in [6.07, 6.45) is 0.356. The van der Waals surface area contributed by atoms with Crippen LogP contribution in [0, 0.1) is 0 Å². The number of fused-ring (bicyclic) bond motifs is 1. The molecule has 0 saturated heterocycles. The number of halogens is 2. The molecular weight excluding hydrogens is 344 g/mol. The highest BCUT2D eigenvalue weighted by Crippen LogP contribution is 2.38. The molecule has 1 saturated carbocycles. The Labute approximate surface area is 148 Å². The van der Waals surface area contributed by atoms with Crippen molar-refractivity contribution in [1.29, 1.82) is 0 Å². The number of hydrogen-bond donors (Lipinski definition) is 2. The Kier molecular flexibility index (Phi) is 4.79. The number of amides is 1. The number of aromatic nitrogens is 2. The molecule has 1 aromatic heterocycles. The zero-order valence-corrected chi connectivity index (χ0v) is 14.4. The summed E-state index contributed by atoms with van der Waals surface area (Å²) in [5.41, 5.74) is -1.14. The molecule has 1 atom stereocenters. The van der Waals surface area contributed by atoms with Gasteiger partial charge in [-0.05, 0) is 31.9 Å². The van der Waals surface area contributed by atoms with E-state index in [1.807, 2.05) is 0 Å². The van der Waals surface area contributed by atoms with Crippen molar-refractivity contribution in [2.24, 2.45) is 0 Å². The Morgan fingerprint density at radius 2 is 1.96 bits per heavy atom. The van der Waals surface area contributed by atoms with E-state index >= 15 is 0 Å². The normalized spacial score (nSPS) is 19.8. The van der Waals surface area contributed by atoms with Crippen molar-refractivity contribution in [2.75, 3.05) is 6.54 Å². The molecule has 1 aliphatic carbocycles. The average molecular weight is 365 g/mol. The average Bonchev–Trinajstić information content (AvgIpc) is 2.63. The maximum absolute atomic E-state index is 13.2. The quantitative estimate of drug-likeness (QED) is 0.868. The molecule has 6 nitrogen and oxygen atoms in total. The molecule has 1 fully saturated rings. The number of hydrogen-bond acceptors (Lipinski definition) is 4. The molecule has 8 heteroatoms. The van der Waals surface area contributed by atoms with Crippen LogP contribution in [-0.4, -0.2) is 38.6 Å². The van der Waals surface area contributed by atoms with E-state index in [9.17, 15) is 23.5 Å². The van der Waals surface area contributed by atoms with E-state index in [4.69, 9.17) is 0 Å². The van der Waals surface area contributed by atoms with Gasteiger partial charge in [0, 0.05) is 19.4 Å². The molecule has 0 aliphatic heterocycles. The minimum absolute atomic E-state index is 0.0772. The Morgan fingerprint density at radius 1 is 1.31 bits per heavy atom. The van der Waals surface area contributed by atoms with Crippen molar-refractivity contribution >= 4 is 16.8 Å². The van der Waals surface area contributed by atoms with Gasteiger partial charge in [-0.1, -0.05) is 12.1 Å². The van der Waals surface area contributed by atoms with Crippen LogP contribution in [0.1, 0.15) is 38.6 Å². The van der Waals surface area contributed by atoms with Crippen molar-refractivity contribution in [3.8, 4) is 0 Å². The number of carbonyl (C=O) groups excluding carboxylic acids is 1. The Bertz CT molecular complexity index is 871. The van der Waals surface area contributed by atoms with Crippen molar-refractivity contribution in [3.63, 3.8) is 0 Å². The zero-order valence-electron chi connectivity index (χ0n) is 14.4. The molecule has 2 aromatic rings. The number of nitrogens with zero attached hydrogens (tertiary/aromatic N) is 2. The second-order valence-electron chi connectivity index (χ2n) is 6.95. The molecule has 0 bridgehead atoms. The minimum atomic E-state index is -2.76. The third kappa shape index (κ3) is 3.75. The standard InChI is InChI=1S/C18H21F2N3O3/c1-12(23-11-22-14-5-3-2-4-13(14)16(23)25)15(24)21-10-17(26)6-8-18(19,20)9-7-17/h2-5,11-12,26H,6-10H2,1H3,(H,21,24)/t12-/m0/s1. The van der Waals surface area contributed by atoms with Crippen molar-refractivity contribution in [1.82, 2.24) is 14.9 Å². The van der Waals surface area contributed by atoms with Gasteiger partial charge in [0.25, 0.3) is 5.56 Å². The summed E-state index contributed by atoms with van der Waals surface area (Å²) in [5, 5.41) is 13.3. The Balaban J connectivity index is 1.69. The van der Waals surface area contributed by atoms with Gasteiger partial charge in [-0.3, -0.25) is 14.2 Å². The van der Waals surface area contributed by atoms with Crippen molar-refractivity contribution < 1.29 is 18.7 Å². The van der Waals surface area contributed by atoms with Crippen molar-refractivity contribution in [2.45, 2.75) is 50.2 Å². The lowest BCUT2D eigenvalue weighted by atomic mass is 9.82. The Morgan fingerprint density at radius 3 is 2.65 bits per heavy atom. The summed E-state index contributed by atoms with van der Waals surface area (Å²) >= 11 is 0. The first-order valence-electron chi connectivity index (χ1n) is 8.55. The lowest BCUT2D eigenvalue weighted by Crippen LogP contribution is -2.48. The van der Waals surface area contributed by atoms with E-state index in [-0.39, 0.29) is 24.9 Å². The van der Waals surface area contributed by atoms with Crippen LogP contribution in [0.15, 0.2) is 35.4 Å². The first-order chi connectivity index (χ1) is 12.2. The summed E-state index contributed by atoms with van der Waals surface area (Å²) in [6.45, 7) is 1.42.